The number of para-hydroxylation sites is 1. The number of halogens is 1. The Hall–Kier alpha value is -4.60. The number of benzene rings is 3. The summed E-state index contributed by atoms with van der Waals surface area (Å²) in [4.78, 5) is 49.4. The minimum atomic E-state index is -0.830. The lowest BCUT2D eigenvalue weighted by atomic mass is 10.2. The molecule has 0 saturated heterocycles. The van der Waals surface area contributed by atoms with Crippen molar-refractivity contribution in [3.8, 4) is 5.69 Å². The molecule has 0 atom stereocenters. The van der Waals surface area contributed by atoms with Crippen molar-refractivity contribution < 1.29 is 14.1 Å². The summed E-state index contributed by atoms with van der Waals surface area (Å²) in [5, 5.41) is 13.9. The van der Waals surface area contributed by atoms with Gasteiger partial charge in [-0.1, -0.05) is 18.2 Å². The number of anilines is 1. The molecule has 0 unspecified atom stereocenters. The highest BCUT2D eigenvalue weighted by molar-refractivity contribution is 5.91. The Morgan fingerprint density at radius 1 is 1.00 bits per heavy atom. The van der Waals surface area contributed by atoms with E-state index in [4.69, 9.17) is 0 Å². The van der Waals surface area contributed by atoms with Crippen LogP contribution in [0.4, 0.5) is 15.8 Å². The molecule has 160 valence electrons. The third-order valence-corrected chi connectivity index (χ3v) is 4.78. The molecule has 0 fully saturated rings. The molecule has 0 spiro atoms. The van der Waals surface area contributed by atoms with Crippen LogP contribution in [0.5, 0.6) is 0 Å². The Balaban J connectivity index is 1.84. The number of non-ortho nitro benzene ring substituents is 1. The van der Waals surface area contributed by atoms with Gasteiger partial charge in [0.1, 0.15) is 12.4 Å². The van der Waals surface area contributed by atoms with Crippen LogP contribution in [-0.2, 0) is 11.3 Å². The van der Waals surface area contributed by atoms with Gasteiger partial charge in [0.2, 0.25) is 5.91 Å². The Morgan fingerprint density at radius 3 is 2.44 bits per heavy atom. The fourth-order valence-electron chi connectivity index (χ4n) is 3.32. The Morgan fingerprint density at radius 2 is 1.72 bits per heavy atom. The van der Waals surface area contributed by atoms with Crippen LogP contribution >= 0.6 is 0 Å². The fourth-order valence-corrected chi connectivity index (χ4v) is 3.32. The van der Waals surface area contributed by atoms with Crippen molar-refractivity contribution in [3.63, 3.8) is 0 Å². The molecule has 1 amide bonds. The van der Waals surface area contributed by atoms with Crippen LogP contribution in [0.2, 0.25) is 0 Å². The molecule has 4 aromatic rings. The second kappa shape index (κ2) is 8.26. The molecule has 32 heavy (non-hydrogen) atoms. The largest absolute Gasteiger partial charge is 0.336 e. The molecule has 9 nitrogen and oxygen atoms in total. The van der Waals surface area contributed by atoms with E-state index < -0.39 is 34.4 Å². The van der Waals surface area contributed by atoms with Gasteiger partial charge in [0.25, 0.3) is 11.2 Å². The maximum absolute atomic E-state index is 13.2. The lowest BCUT2D eigenvalue weighted by Crippen LogP contribution is -2.40. The first-order valence-corrected chi connectivity index (χ1v) is 9.40. The highest BCUT2D eigenvalue weighted by Crippen LogP contribution is 2.16. The van der Waals surface area contributed by atoms with Crippen LogP contribution in [0, 0.1) is 15.9 Å². The van der Waals surface area contributed by atoms with Crippen molar-refractivity contribution >= 4 is 28.2 Å². The van der Waals surface area contributed by atoms with E-state index in [0.29, 0.717) is 5.69 Å². The molecule has 1 aromatic heterocycles. The first-order valence-electron chi connectivity index (χ1n) is 9.40. The molecule has 0 aliphatic rings. The maximum atomic E-state index is 13.2. The Kier molecular flexibility index (Phi) is 5.34. The average Bonchev–Trinajstić information content (AvgIpc) is 2.78. The molecule has 0 saturated carbocycles. The second-order valence-electron chi connectivity index (χ2n) is 6.86. The van der Waals surface area contributed by atoms with Crippen molar-refractivity contribution in [1.29, 1.82) is 0 Å². The van der Waals surface area contributed by atoms with Gasteiger partial charge in [-0.2, -0.15) is 0 Å². The molecule has 0 radical (unpaired) electrons. The topological polar surface area (TPSA) is 116 Å². The fraction of sp³-hybridized carbons (Fsp3) is 0.0455. The van der Waals surface area contributed by atoms with Crippen LogP contribution in [0.3, 0.4) is 0 Å². The number of hydrogen-bond acceptors (Lipinski definition) is 5. The standard InChI is InChI=1S/C22H15FN4O5/c23-14-8-10-15(11-9-14)24-20(28)13-25-19-7-2-1-6-18(19)21(29)26(22(25)30)16-4-3-5-17(12-16)27(31)32/h1-12H,13H2,(H,24,28). The van der Waals surface area contributed by atoms with E-state index in [0.717, 1.165) is 15.2 Å². The van der Waals surface area contributed by atoms with E-state index in [-0.39, 0.29) is 22.3 Å². The van der Waals surface area contributed by atoms with E-state index in [1.807, 2.05) is 0 Å². The van der Waals surface area contributed by atoms with Crippen molar-refractivity contribution in [1.82, 2.24) is 9.13 Å². The van der Waals surface area contributed by atoms with Crippen LogP contribution in [0.15, 0.2) is 82.4 Å². The second-order valence-corrected chi connectivity index (χ2v) is 6.86. The van der Waals surface area contributed by atoms with Crippen LogP contribution in [0.1, 0.15) is 0 Å². The SMILES string of the molecule is O=C(Cn1c(=O)n(-c2cccc([N+](=O)[O-])c2)c(=O)c2ccccc21)Nc1ccc(F)cc1. The maximum Gasteiger partial charge on any atom is 0.336 e. The summed E-state index contributed by atoms with van der Waals surface area (Å²) in [5.41, 5.74) is -1.21. The zero-order valence-corrected chi connectivity index (χ0v) is 16.4. The number of nitrogens with one attached hydrogen (secondary N) is 1. The monoisotopic (exact) mass is 434 g/mol. The highest BCUT2D eigenvalue weighted by Gasteiger charge is 2.18. The molecule has 0 aliphatic carbocycles. The number of fused-ring (bicyclic) bond motifs is 1. The zero-order valence-electron chi connectivity index (χ0n) is 16.4. The van der Waals surface area contributed by atoms with Crippen molar-refractivity contribution in [2.24, 2.45) is 0 Å². The molecular weight excluding hydrogens is 419 g/mol. The van der Waals surface area contributed by atoms with Gasteiger partial charge in [-0.25, -0.2) is 13.8 Å². The summed E-state index contributed by atoms with van der Waals surface area (Å²) in [6, 6.07) is 16.5. The zero-order chi connectivity index (χ0) is 22.8. The minimum Gasteiger partial charge on any atom is -0.325 e. The van der Waals surface area contributed by atoms with Gasteiger partial charge in [0.05, 0.1) is 21.5 Å². The third kappa shape index (κ3) is 3.88. The summed E-state index contributed by atoms with van der Waals surface area (Å²) in [6.07, 6.45) is 0. The molecule has 0 aliphatic heterocycles. The molecular formula is C22H15FN4O5. The summed E-state index contributed by atoms with van der Waals surface area (Å²) < 4.78 is 15.0. The molecule has 1 heterocycles. The van der Waals surface area contributed by atoms with Crippen LogP contribution < -0.4 is 16.6 Å². The lowest BCUT2D eigenvalue weighted by molar-refractivity contribution is -0.384. The van der Waals surface area contributed by atoms with E-state index >= 15 is 0 Å². The van der Waals surface area contributed by atoms with Gasteiger partial charge in [-0.05, 0) is 42.5 Å². The van der Waals surface area contributed by atoms with Crippen LogP contribution in [-0.4, -0.2) is 20.0 Å². The normalized spacial score (nSPS) is 10.8. The van der Waals surface area contributed by atoms with Crippen molar-refractivity contribution in [2.45, 2.75) is 6.54 Å². The summed E-state index contributed by atoms with van der Waals surface area (Å²) in [6.45, 7) is -0.439. The van der Waals surface area contributed by atoms with E-state index in [1.165, 1.54) is 54.6 Å². The van der Waals surface area contributed by atoms with E-state index in [1.54, 1.807) is 12.1 Å². The first kappa shape index (κ1) is 20.7. The van der Waals surface area contributed by atoms with Gasteiger partial charge < -0.3 is 5.32 Å². The number of carbonyl (C=O) groups excluding carboxylic acids is 1. The summed E-state index contributed by atoms with van der Waals surface area (Å²) in [7, 11) is 0. The Bertz CT molecular complexity index is 1470. The molecule has 10 heteroatoms. The number of aromatic nitrogens is 2. The molecule has 1 N–H and O–H groups in total. The van der Waals surface area contributed by atoms with Crippen LogP contribution in [0.25, 0.3) is 16.6 Å². The Labute approximate surface area is 179 Å². The quantitative estimate of drug-likeness (QED) is 0.383. The predicted octanol–water partition coefficient (Wildman–Crippen LogP) is 2.84. The smallest absolute Gasteiger partial charge is 0.325 e. The van der Waals surface area contributed by atoms with Gasteiger partial charge in [0.15, 0.2) is 0 Å². The highest BCUT2D eigenvalue weighted by atomic mass is 19.1. The average molecular weight is 434 g/mol. The van der Waals surface area contributed by atoms with E-state index in [2.05, 4.69) is 5.32 Å². The number of hydrogen-bond donors (Lipinski definition) is 1. The van der Waals surface area contributed by atoms with Crippen molar-refractivity contribution in [3.05, 3.63) is 110 Å². The summed E-state index contributed by atoms with van der Waals surface area (Å²) in [5.74, 6) is -1.04. The van der Waals surface area contributed by atoms with E-state index in [9.17, 15) is 28.9 Å². The predicted molar refractivity (Wildman–Crippen MR) is 115 cm³/mol. The number of nitro benzene ring substituents is 1. The summed E-state index contributed by atoms with van der Waals surface area (Å²) >= 11 is 0. The molecule has 4 rings (SSSR count). The number of rotatable bonds is 5. The van der Waals surface area contributed by atoms with Gasteiger partial charge in [-0.3, -0.25) is 24.3 Å². The lowest BCUT2D eigenvalue weighted by Gasteiger charge is -2.14. The van der Waals surface area contributed by atoms with Gasteiger partial charge in [0, 0.05) is 17.8 Å². The third-order valence-electron chi connectivity index (χ3n) is 4.78. The van der Waals surface area contributed by atoms with Gasteiger partial charge >= 0.3 is 5.69 Å². The minimum absolute atomic E-state index is 0.00708. The molecule has 3 aromatic carbocycles. The molecule has 0 bridgehead atoms. The first-order chi connectivity index (χ1) is 15.3. The van der Waals surface area contributed by atoms with Crippen molar-refractivity contribution in [2.75, 3.05) is 5.32 Å². The van der Waals surface area contributed by atoms with Gasteiger partial charge in [-0.15, -0.1) is 0 Å². The number of nitrogens with zero attached hydrogens (tertiary/aromatic N) is 3. The number of carbonyl (C=O) groups is 1. The number of amides is 1. The number of nitro groups is 1.